The summed E-state index contributed by atoms with van der Waals surface area (Å²) in [5.74, 6) is -4.18. The third-order valence-electron chi connectivity index (χ3n) is 6.46. The second kappa shape index (κ2) is 11.6. The van der Waals surface area contributed by atoms with Crippen LogP contribution in [0, 0.1) is 0 Å². The fourth-order valence-corrected chi connectivity index (χ4v) is 7.21. The fraction of sp³-hybridized carbons (Fsp3) is 0.450. The molecule has 0 radical (unpaired) electrons. The molecule has 44 heavy (non-hydrogen) atoms. The summed E-state index contributed by atoms with van der Waals surface area (Å²) in [6, 6.07) is 1.36. The summed E-state index contributed by atoms with van der Waals surface area (Å²) in [5.41, 5.74) is 4.69. The van der Waals surface area contributed by atoms with Crippen LogP contribution in [0.25, 0.3) is 22.3 Å². The SMILES string of the molecule is Nc1nc2c(ncn2[C@@H]2O[C@@H]3COP(O)(=S)OCC(F)(F)Cn4c(nc5cc(Cl)cnc54)COP(=O)(S)O[C@@H]2[C@@H]3F)c(=O)[nH]1. The minimum absolute atomic E-state index is 0.0342. The van der Waals surface area contributed by atoms with Crippen molar-refractivity contribution < 1.29 is 45.5 Å². The summed E-state index contributed by atoms with van der Waals surface area (Å²) >= 11 is 14.8. The summed E-state index contributed by atoms with van der Waals surface area (Å²) in [6.07, 6.45) is -4.80. The van der Waals surface area contributed by atoms with E-state index < -0.39 is 76.0 Å². The van der Waals surface area contributed by atoms with E-state index in [1.165, 1.54) is 12.3 Å². The number of aromatic nitrogens is 7. The molecule has 4 N–H and O–H groups in total. The van der Waals surface area contributed by atoms with E-state index in [4.69, 9.17) is 52.0 Å². The molecule has 6 heterocycles. The maximum absolute atomic E-state index is 15.9. The molecule has 2 bridgehead atoms. The topological polar surface area (TPSA) is 204 Å². The molecule has 6 rings (SSSR count). The molecule has 4 aromatic rings. The second-order valence-electron chi connectivity index (χ2n) is 9.60. The number of nitrogens with zero attached hydrogens (tertiary/aromatic N) is 6. The Morgan fingerprint density at radius 1 is 1.25 bits per heavy atom. The summed E-state index contributed by atoms with van der Waals surface area (Å²) < 4.78 is 88.2. The summed E-state index contributed by atoms with van der Waals surface area (Å²) in [6.45, 7) is -12.9. The summed E-state index contributed by atoms with van der Waals surface area (Å²) in [4.78, 5) is 41.2. The van der Waals surface area contributed by atoms with E-state index in [0.717, 1.165) is 15.5 Å². The molecule has 1 fully saturated rings. The van der Waals surface area contributed by atoms with Crippen molar-refractivity contribution in [3.05, 3.63) is 39.8 Å². The van der Waals surface area contributed by atoms with Crippen LogP contribution in [-0.4, -0.2) is 76.5 Å². The monoisotopic (exact) mass is 718 g/mol. The number of fused-ring (bicyclic) bond motifs is 6. The van der Waals surface area contributed by atoms with Crippen LogP contribution in [0.3, 0.4) is 0 Å². The molecule has 238 valence electrons. The smallest absolute Gasteiger partial charge is 0.369 e. The van der Waals surface area contributed by atoms with E-state index in [-0.39, 0.29) is 39.1 Å². The van der Waals surface area contributed by atoms with Crippen LogP contribution in [0.2, 0.25) is 5.02 Å². The first-order chi connectivity index (χ1) is 20.6. The van der Waals surface area contributed by atoms with Gasteiger partial charge < -0.3 is 29.0 Å². The van der Waals surface area contributed by atoms with E-state index in [2.05, 4.69) is 37.2 Å². The maximum Gasteiger partial charge on any atom is 0.387 e. The van der Waals surface area contributed by atoms with Gasteiger partial charge in [-0.15, -0.1) is 0 Å². The number of nitrogens with two attached hydrogens (primary N) is 1. The number of imidazole rings is 2. The Morgan fingerprint density at radius 2 is 2.02 bits per heavy atom. The van der Waals surface area contributed by atoms with E-state index in [0.29, 0.717) is 0 Å². The first kappa shape index (κ1) is 31.8. The normalized spacial score (nSPS) is 31.8. The zero-order chi connectivity index (χ0) is 31.6. The highest BCUT2D eigenvalue weighted by atomic mass is 35.5. The predicted octanol–water partition coefficient (Wildman–Crippen LogP) is 2.87. The van der Waals surface area contributed by atoms with E-state index in [1.807, 2.05) is 0 Å². The molecule has 0 aromatic carbocycles. The molecular formula is C20H20ClF3N8O8P2S2. The van der Waals surface area contributed by atoms with Crippen molar-refractivity contribution in [2.75, 3.05) is 18.9 Å². The number of hydrogen-bond donors (Lipinski definition) is 4. The minimum Gasteiger partial charge on any atom is -0.369 e. The van der Waals surface area contributed by atoms with Gasteiger partial charge in [0.2, 0.25) is 5.95 Å². The second-order valence-corrected chi connectivity index (χ2v) is 15.8. The van der Waals surface area contributed by atoms with Crippen LogP contribution in [-0.2, 0) is 52.4 Å². The minimum atomic E-state index is -4.54. The van der Waals surface area contributed by atoms with Crippen LogP contribution in [0.1, 0.15) is 12.1 Å². The molecule has 2 unspecified atom stereocenters. The molecule has 2 aliphatic rings. The molecule has 2 aliphatic heterocycles. The van der Waals surface area contributed by atoms with E-state index in [1.54, 1.807) is 0 Å². The molecule has 0 saturated carbocycles. The van der Waals surface area contributed by atoms with Gasteiger partial charge in [-0.25, -0.2) is 32.7 Å². The highest BCUT2D eigenvalue weighted by molar-refractivity contribution is 8.44. The third-order valence-corrected chi connectivity index (χ3v) is 9.83. The number of H-pyrrole nitrogens is 1. The summed E-state index contributed by atoms with van der Waals surface area (Å²) in [5, 5.41) is 0.158. The number of hydrogen-bond acceptors (Lipinski definition) is 13. The van der Waals surface area contributed by atoms with Crippen molar-refractivity contribution in [2.24, 2.45) is 0 Å². The number of alkyl halides is 3. The van der Waals surface area contributed by atoms with Gasteiger partial charge in [-0.3, -0.25) is 23.4 Å². The molecule has 4 aromatic heterocycles. The zero-order valence-electron chi connectivity index (χ0n) is 21.7. The van der Waals surface area contributed by atoms with Crippen molar-refractivity contribution in [1.29, 1.82) is 0 Å². The average Bonchev–Trinajstić information content (AvgIpc) is 3.58. The van der Waals surface area contributed by atoms with Crippen LogP contribution >= 0.6 is 37.4 Å². The van der Waals surface area contributed by atoms with Gasteiger partial charge in [-0.05, 0) is 17.9 Å². The lowest BCUT2D eigenvalue weighted by atomic mass is 10.1. The highest BCUT2D eigenvalue weighted by Gasteiger charge is 2.51. The lowest BCUT2D eigenvalue weighted by Crippen LogP contribution is -2.33. The van der Waals surface area contributed by atoms with Crippen molar-refractivity contribution in [3.8, 4) is 0 Å². The number of nitrogen functional groups attached to an aromatic ring is 1. The van der Waals surface area contributed by atoms with Crippen LogP contribution < -0.4 is 11.3 Å². The molecule has 24 heteroatoms. The predicted molar refractivity (Wildman–Crippen MR) is 154 cm³/mol. The van der Waals surface area contributed by atoms with Crippen LogP contribution in [0.15, 0.2) is 23.4 Å². The lowest BCUT2D eigenvalue weighted by Gasteiger charge is -2.25. The number of anilines is 1. The van der Waals surface area contributed by atoms with Crippen molar-refractivity contribution in [1.82, 2.24) is 34.1 Å². The van der Waals surface area contributed by atoms with Gasteiger partial charge in [0.1, 0.15) is 36.8 Å². The van der Waals surface area contributed by atoms with Gasteiger partial charge in [-0.2, -0.15) is 4.98 Å². The van der Waals surface area contributed by atoms with Crippen molar-refractivity contribution in [2.45, 2.75) is 43.7 Å². The van der Waals surface area contributed by atoms with Gasteiger partial charge >= 0.3 is 13.5 Å². The Labute approximate surface area is 258 Å². The first-order valence-corrected chi connectivity index (χ1v) is 18.0. The quantitative estimate of drug-likeness (QED) is 0.165. The molecule has 0 amide bonds. The van der Waals surface area contributed by atoms with Gasteiger partial charge in [0, 0.05) is 6.20 Å². The number of rotatable bonds is 1. The third kappa shape index (κ3) is 6.41. The van der Waals surface area contributed by atoms with Crippen LogP contribution in [0.4, 0.5) is 19.1 Å². The number of aromatic amines is 1. The molecule has 0 aliphatic carbocycles. The van der Waals surface area contributed by atoms with Crippen molar-refractivity contribution >= 4 is 77.4 Å². The Kier molecular flexibility index (Phi) is 8.37. The number of thiol groups is 1. The maximum atomic E-state index is 15.9. The molecule has 1 saturated heterocycles. The first-order valence-electron chi connectivity index (χ1n) is 12.3. The van der Waals surface area contributed by atoms with Gasteiger partial charge in [0.05, 0.1) is 24.5 Å². The Morgan fingerprint density at radius 3 is 2.80 bits per heavy atom. The molecular weight excluding hydrogens is 699 g/mol. The Hall–Kier alpha value is -2.16. The number of nitrogens with one attached hydrogen (secondary N) is 1. The Balaban J connectivity index is 1.40. The highest BCUT2D eigenvalue weighted by Crippen LogP contribution is 2.58. The number of halogens is 4. The van der Waals surface area contributed by atoms with E-state index in [9.17, 15) is 14.3 Å². The molecule has 6 atom stereocenters. The summed E-state index contributed by atoms with van der Waals surface area (Å²) in [7, 11) is 0. The fourth-order valence-electron chi connectivity index (χ4n) is 4.59. The van der Waals surface area contributed by atoms with Gasteiger partial charge in [0.25, 0.3) is 11.5 Å². The van der Waals surface area contributed by atoms with Crippen LogP contribution in [0.5, 0.6) is 0 Å². The Bertz CT molecular complexity index is 1920. The molecule has 0 spiro atoms. The molecule has 16 nitrogen and oxygen atoms in total. The van der Waals surface area contributed by atoms with Gasteiger partial charge in [0.15, 0.2) is 29.2 Å². The zero-order valence-corrected chi connectivity index (χ0v) is 26.0. The van der Waals surface area contributed by atoms with Crippen molar-refractivity contribution in [3.63, 3.8) is 0 Å². The standard InChI is InChI=1S/C20H20ClF3N8O8P2S2/c21-8-1-9-15(26-2-8)31-5-20(23,24)6-38-41(34,43)36-3-10-12(22)14(40-42(35,44)37-4-11(31)28-9)18(39-10)32-7-27-13-16(32)29-19(25)30-17(13)33/h1-2,7,10,12,14,18H,3-6H2,(H,34,43)(H,35,44)(H3,25,29,30,33)/t10-,12-,14-,18-,41?,42?/m1/s1. The number of ether oxygens (including phenoxy) is 1. The van der Waals surface area contributed by atoms with E-state index >= 15 is 13.2 Å². The lowest BCUT2D eigenvalue weighted by molar-refractivity contribution is -0.0643. The largest absolute Gasteiger partial charge is 0.387 e. The number of pyridine rings is 1. The average molecular weight is 719 g/mol. The van der Waals surface area contributed by atoms with Gasteiger partial charge in [-0.1, -0.05) is 23.8 Å².